The number of benzene rings is 1. The first-order valence-corrected chi connectivity index (χ1v) is 6.48. The Morgan fingerprint density at radius 1 is 1.00 bits per heavy atom. The summed E-state index contributed by atoms with van der Waals surface area (Å²) in [6, 6.07) is 2.16. The van der Waals surface area contributed by atoms with Crippen molar-refractivity contribution in [3.8, 4) is 0 Å². The van der Waals surface area contributed by atoms with Crippen LogP contribution in [-0.2, 0) is 0 Å². The quantitative estimate of drug-likeness (QED) is 0.749. The SMILES string of the molecule is Cc1cc(C)c(C)c(C(O)CNCC(C)O)c1C. The van der Waals surface area contributed by atoms with Gasteiger partial charge in [-0.2, -0.15) is 0 Å². The van der Waals surface area contributed by atoms with Gasteiger partial charge in [0, 0.05) is 13.1 Å². The minimum Gasteiger partial charge on any atom is -0.392 e. The van der Waals surface area contributed by atoms with Crippen molar-refractivity contribution in [2.24, 2.45) is 0 Å². The Morgan fingerprint density at radius 3 is 1.94 bits per heavy atom. The van der Waals surface area contributed by atoms with Crippen LogP contribution in [0.4, 0.5) is 0 Å². The third-order valence-corrected chi connectivity index (χ3v) is 3.53. The summed E-state index contributed by atoms with van der Waals surface area (Å²) in [4.78, 5) is 0. The number of aliphatic hydroxyl groups is 2. The number of hydrogen-bond acceptors (Lipinski definition) is 3. The molecule has 102 valence electrons. The molecule has 1 rings (SSSR count). The van der Waals surface area contributed by atoms with Crippen LogP contribution in [0.25, 0.3) is 0 Å². The van der Waals surface area contributed by atoms with Crippen molar-refractivity contribution in [1.82, 2.24) is 5.32 Å². The molecule has 0 bridgehead atoms. The first-order valence-electron chi connectivity index (χ1n) is 6.48. The maximum atomic E-state index is 10.3. The van der Waals surface area contributed by atoms with Gasteiger partial charge in [0.2, 0.25) is 0 Å². The average Bonchev–Trinajstić information content (AvgIpc) is 2.26. The van der Waals surface area contributed by atoms with E-state index in [1.54, 1.807) is 6.92 Å². The van der Waals surface area contributed by atoms with Gasteiger partial charge in [0.1, 0.15) is 0 Å². The number of aryl methyl sites for hydroxylation is 2. The van der Waals surface area contributed by atoms with E-state index in [4.69, 9.17) is 0 Å². The zero-order chi connectivity index (χ0) is 13.9. The smallest absolute Gasteiger partial charge is 0.0919 e. The predicted molar refractivity (Wildman–Crippen MR) is 74.9 cm³/mol. The largest absolute Gasteiger partial charge is 0.392 e. The monoisotopic (exact) mass is 251 g/mol. The van der Waals surface area contributed by atoms with E-state index in [1.807, 2.05) is 0 Å². The lowest BCUT2D eigenvalue weighted by molar-refractivity contribution is 0.154. The first kappa shape index (κ1) is 15.2. The molecule has 0 aliphatic carbocycles. The first-order chi connectivity index (χ1) is 8.34. The molecule has 0 aliphatic rings. The number of rotatable bonds is 5. The van der Waals surface area contributed by atoms with Crippen LogP contribution in [0.15, 0.2) is 6.07 Å². The molecule has 3 heteroatoms. The summed E-state index contributed by atoms with van der Waals surface area (Å²) in [5, 5.41) is 22.6. The van der Waals surface area contributed by atoms with Gasteiger partial charge < -0.3 is 15.5 Å². The van der Waals surface area contributed by atoms with Crippen LogP contribution in [0.5, 0.6) is 0 Å². The van der Waals surface area contributed by atoms with Gasteiger partial charge >= 0.3 is 0 Å². The van der Waals surface area contributed by atoms with Gasteiger partial charge in [-0.3, -0.25) is 0 Å². The van der Waals surface area contributed by atoms with Crippen LogP contribution in [0.1, 0.15) is 40.8 Å². The maximum Gasteiger partial charge on any atom is 0.0919 e. The highest BCUT2D eigenvalue weighted by Gasteiger charge is 2.16. The highest BCUT2D eigenvalue weighted by atomic mass is 16.3. The predicted octanol–water partition coefficient (Wildman–Crippen LogP) is 1.92. The molecule has 18 heavy (non-hydrogen) atoms. The molecule has 1 aromatic carbocycles. The average molecular weight is 251 g/mol. The van der Waals surface area contributed by atoms with E-state index in [9.17, 15) is 10.2 Å². The summed E-state index contributed by atoms with van der Waals surface area (Å²) in [6.07, 6.45) is -0.916. The molecule has 3 nitrogen and oxygen atoms in total. The molecule has 0 saturated heterocycles. The van der Waals surface area contributed by atoms with Gasteiger partial charge in [0.05, 0.1) is 12.2 Å². The minimum absolute atomic E-state index is 0.390. The third-order valence-electron chi connectivity index (χ3n) is 3.53. The number of hydrogen-bond donors (Lipinski definition) is 3. The Hall–Kier alpha value is -0.900. The zero-order valence-electron chi connectivity index (χ0n) is 12.0. The second-order valence-corrected chi connectivity index (χ2v) is 5.20. The molecule has 3 N–H and O–H groups in total. The normalized spacial score (nSPS) is 14.6. The second kappa shape index (κ2) is 6.32. The van der Waals surface area contributed by atoms with Crippen LogP contribution in [-0.4, -0.2) is 29.4 Å². The van der Waals surface area contributed by atoms with Crippen LogP contribution < -0.4 is 5.32 Å². The summed E-state index contributed by atoms with van der Waals surface area (Å²) < 4.78 is 0. The molecule has 0 saturated carbocycles. The molecule has 2 atom stereocenters. The maximum absolute atomic E-state index is 10.3. The number of aliphatic hydroxyl groups excluding tert-OH is 2. The van der Waals surface area contributed by atoms with Gasteiger partial charge in [-0.25, -0.2) is 0 Å². The van der Waals surface area contributed by atoms with E-state index in [0.29, 0.717) is 13.1 Å². The summed E-state index contributed by atoms with van der Waals surface area (Å²) in [5.41, 5.74) is 5.75. The zero-order valence-corrected chi connectivity index (χ0v) is 12.0. The van der Waals surface area contributed by atoms with Crippen LogP contribution in [0, 0.1) is 27.7 Å². The van der Waals surface area contributed by atoms with Crippen molar-refractivity contribution < 1.29 is 10.2 Å². The van der Waals surface area contributed by atoms with Gasteiger partial charge in [-0.05, 0) is 62.4 Å². The molecular weight excluding hydrogens is 226 g/mol. The highest BCUT2D eigenvalue weighted by Crippen LogP contribution is 2.26. The molecule has 0 heterocycles. The molecule has 2 unspecified atom stereocenters. The fourth-order valence-corrected chi connectivity index (χ4v) is 2.28. The highest BCUT2D eigenvalue weighted by molar-refractivity contribution is 5.45. The van der Waals surface area contributed by atoms with Crippen molar-refractivity contribution in [1.29, 1.82) is 0 Å². The Labute approximate surface area is 110 Å². The van der Waals surface area contributed by atoms with Crippen molar-refractivity contribution in [2.75, 3.05) is 13.1 Å². The third kappa shape index (κ3) is 3.55. The van der Waals surface area contributed by atoms with Crippen molar-refractivity contribution in [3.63, 3.8) is 0 Å². The van der Waals surface area contributed by atoms with Crippen molar-refractivity contribution in [2.45, 2.75) is 46.8 Å². The fourth-order valence-electron chi connectivity index (χ4n) is 2.28. The molecular formula is C15H25NO2. The summed E-state index contributed by atoms with van der Waals surface area (Å²) in [5.74, 6) is 0. The Morgan fingerprint density at radius 2 is 1.50 bits per heavy atom. The second-order valence-electron chi connectivity index (χ2n) is 5.20. The summed E-state index contributed by atoms with van der Waals surface area (Å²) in [6.45, 7) is 10.9. The minimum atomic E-state index is -0.526. The van der Waals surface area contributed by atoms with E-state index in [1.165, 1.54) is 11.1 Å². The molecule has 0 fully saturated rings. The molecule has 0 aliphatic heterocycles. The van der Waals surface area contributed by atoms with Gasteiger partial charge in [-0.15, -0.1) is 0 Å². The van der Waals surface area contributed by atoms with E-state index < -0.39 is 12.2 Å². The van der Waals surface area contributed by atoms with E-state index in [2.05, 4.69) is 39.1 Å². The summed E-state index contributed by atoms with van der Waals surface area (Å²) in [7, 11) is 0. The Kier molecular flexibility index (Phi) is 5.32. The summed E-state index contributed by atoms with van der Waals surface area (Å²) >= 11 is 0. The molecule has 0 spiro atoms. The fraction of sp³-hybridized carbons (Fsp3) is 0.600. The molecule has 0 radical (unpaired) electrons. The Bertz CT molecular complexity index is 387. The lowest BCUT2D eigenvalue weighted by Gasteiger charge is -2.21. The van der Waals surface area contributed by atoms with Crippen LogP contribution in [0.2, 0.25) is 0 Å². The van der Waals surface area contributed by atoms with E-state index in [0.717, 1.165) is 16.7 Å². The van der Waals surface area contributed by atoms with Gasteiger partial charge in [-0.1, -0.05) is 6.07 Å². The lowest BCUT2D eigenvalue weighted by Crippen LogP contribution is -2.29. The van der Waals surface area contributed by atoms with E-state index in [-0.39, 0.29) is 0 Å². The van der Waals surface area contributed by atoms with Crippen LogP contribution in [0.3, 0.4) is 0 Å². The molecule has 0 amide bonds. The lowest BCUT2D eigenvalue weighted by atomic mass is 9.91. The number of nitrogens with one attached hydrogen (secondary N) is 1. The van der Waals surface area contributed by atoms with Gasteiger partial charge in [0.15, 0.2) is 0 Å². The van der Waals surface area contributed by atoms with Gasteiger partial charge in [0.25, 0.3) is 0 Å². The molecule has 0 aromatic heterocycles. The van der Waals surface area contributed by atoms with Crippen molar-refractivity contribution >= 4 is 0 Å². The standard InChI is InChI=1S/C15H25NO2/c1-9-6-10(2)13(5)15(12(9)4)14(18)8-16-7-11(3)17/h6,11,14,16-18H,7-8H2,1-5H3. The topological polar surface area (TPSA) is 52.5 Å². The molecule has 1 aromatic rings. The van der Waals surface area contributed by atoms with E-state index >= 15 is 0 Å². The van der Waals surface area contributed by atoms with Crippen molar-refractivity contribution in [3.05, 3.63) is 33.9 Å². The Balaban J connectivity index is 2.88. The van der Waals surface area contributed by atoms with Crippen LogP contribution >= 0.6 is 0 Å².